The maximum atomic E-state index is 12.8. The summed E-state index contributed by atoms with van der Waals surface area (Å²) in [6, 6.07) is 10.4. The maximum Gasteiger partial charge on any atom is 0.417 e. The van der Waals surface area contributed by atoms with E-state index in [1.54, 1.807) is 36.5 Å². The summed E-state index contributed by atoms with van der Waals surface area (Å²) in [4.78, 5) is 22.6. The molecular formula is C20H14ClF3N4O2. The first-order valence-corrected chi connectivity index (χ1v) is 9.21. The molecule has 2 aromatic heterocycles. The molecule has 30 heavy (non-hydrogen) atoms. The number of para-hydroxylation sites is 1. The average Bonchev–Trinajstić information content (AvgIpc) is 2.73. The van der Waals surface area contributed by atoms with Gasteiger partial charge in [0, 0.05) is 12.4 Å². The monoisotopic (exact) mass is 434 g/mol. The molecule has 0 saturated heterocycles. The van der Waals surface area contributed by atoms with Gasteiger partial charge < -0.3 is 15.0 Å². The Morgan fingerprint density at radius 1 is 1.13 bits per heavy atom. The number of ether oxygens (including phenoxy) is 1. The van der Waals surface area contributed by atoms with Gasteiger partial charge in [0.2, 0.25) is 0 Å². The van der Waals surface area contributed by atoms with Gasteiger partial charge in [0.1, 0.15) is 12.4 Å². The third-order valence-corrected chi connectivity index (χ3v) is 4.71. The van der Waals surface area contributed by atoms with Crippen molar-refractivity contribution in [3.05, 3.63) is 71.0 Å². The summed E-state index contributed by atoms with van der Waals surface area (Å²) in [5.74, 6) is 0.291. The van der Waals surface area contributed by atoms with E-state index in [1.165, 1.54) is 0 Å². The highest BCUT2D eigenvalue weighted by Gasteiger charge is 2.31. The fraction of sp³-hybridized carbons (Fsp3) is 0.150. The van der Waals surface area contributed by atoms with Crippen LogP contribution in [0.5, 0.6) is 5.75 Å². The van der Waals surface area contributed by atoms with Crippen molar-refractivity contribution in [3.8, 4) is 5.75 Å². The van der Waals surface area contributed by atoms with Crippen molar-refractivity contribution in [2.75, 3.05) is 23.4 Å². The van der Waals surface area contributed by atoms with Crippen LogP contribution in [0.25, 0.3) is 0 Å². The highest BCUT2D eigenvalue weighted by Crippen LogP contribution is 2.40. The Labute approximate surface area is 174 Å². The molecule has 10 heteroatoms. The van der Waals surface area contributed by atoms with E-state index < -0.39 is 17.6 Å². The molecule has 1 amide bonds. The molecule has 1 aromatic carbocycles. The number of fused-ring (bicyclic) bond motifs is 1. The molecule has 6 nitrogen and oxygen atoms in total. The van der Waals surface area contributed by atoms with Crippen LogP contribution in [0.3, 0.4) is 0 Å². The van der Waals surface area contributed by atoms with Gasteiger partial charge in [0.05, 0.1) is 28.4 Å². The van der Waals surface area contributed by atoms with Crippen LogP contribution in [0.1, 0.15) is 15.9 Å². The van der Waals surface area contributed by atoms with Crippen molar-refractivity contribution in [1.29, 1.82) is 0 Å². The molecule has 0 atom stereocenters. The van der Waals surface area contributed by atoms with Gasteiger partial charge in [-0.15, -0.1) is 0 Å². The van der Waals surface area contributed by atoms with Gasteiger partial charge in [0.15, 0.2) is 11.6 Å². The zero-order chi connectivity index (χ0) is 21.3. The predicted octanol–water partition coefficient (Wildman–Crippen LogP) is 4.93. The van der Waals surface area contributed by atoms with Crippen molar-refractivity contribution < 1.29 is 22.7 Å². The molecule has 0 bridgehead atoms. The number of anilines is 3. The predicted molar refractivity (Wildman–Crippen MR) is 105 cm³/mol. The number of benzene rings is 1. The molecule has 154 valence electrons. The van der Waals surface area contributed by atoms with Crippen LogP contribution < -0.4 is 15.0 Å². The zero-order valence-electron chi connectivity index (χ0n) is 15.3. The fourth-order valence-electron chi connectivity index (χ4n) is 3.04. The molecule has 3 heterocycles. The molecule has 1 aliphatic rings. The van der Waals surface area contributed by atoms with Gasteiger partial charge in [-0.3, -0.25) is 4.79 Å². The van der Waals surface area contributed by atoms with Crippen LogP contribution in [0.15, 0.2) is 54.9 Å². The third kappa shape index (κ3) is 3.88. The molecule has 0 radical (unpaired) electrons. The summed E-state index contributed by atoms with van der Waals surface area (Å²) in [5.41, 5.74) is -0.0790. The summed E-state index contributed by atoms with van der Waals surface area (Å²) in [5, 5.41) is 2.95. The van der Waals surface area contributed by atoms with Crippen LogP contribution in [0.4, 0.5) is 30.5 Å². The lowest BCUT2D eigenvalue weighted by Gasteiger charge is -2.31. The summed E-state index contributed by atoms with van der Waals surface area (Å²) in [6.07, 6.45) is -2.22. The molecule has 0 spiro atoms. The summed E-state index contributed by atoms with van der Waals surface area (Å²) in [7, 11) is 0. The van der Waals surface area contributed by atoms with Crippen molar-refractivity contribution in [1.82, 2.24) is 9.97 Å². The van der Waals surface area contributed by atoms with Crippen LogP contribution in [-0.2, 0) is 6.18 Å². The number of hydrogen-bond acceptors (Lipinski definition) is 5. The zero-order valence-corrected chi connectivity index (χ0v) is 16.0. The Bertz CT molecular complexity index is 1090. The summed E-state index contributed by atoms with van der Waals surface area (Å²) >= 11 is 6.27. The molecule has 0 aliphatic carbocycles. The number of carbonyl (C=O) groups is 1. The number of pyridine rings is 2. The molecule has 0 saturated carbocycles. The van der Waals surface area contributed by atoms with Crippen LogP contribution >= 0.6 is 11.6 Å². The summed E-state index contributed by atoms with van der Waals surface area (Å²) in [6.45, 7) is 0.776. The SMILES string of the molecule is O=C(Nc1ccc(C(F)(F)F)cn1)c1cccc2c1OCCN2c1ncccc1Cl. The third-order valence-electron chi connectivity index (χ3n) is 4.42. The number of alkyl halides is 3. The molecule has 1 N–H and O–H groups in total. The Kier molecular flexibility index (Phi) is 5.21. The van der Waals surface area contributed by atoms with Gasteiger partial charge in [-0.05, 0) is 36.4 Å². The topological polar surface area (TPSA) is 67.3 Å². The van der Waals surface area contributed by atoms with E-state index in [2.05, 4.69) is 15.3 Å². The molecular weight excluding hydrogens is 421 g/mol. The minimum atomic E-state index is -4.50. The largest absolute Gasteiger partial charge is 0.489 e. The number of amides is 1. The molecule has 0 unspecified atom stereocenters. The molecule has 1 aliphatic heterocycles. The number of hydrogen-bond donors (Lipinski definition) is 1. The lowest BCUT2D eigenvalue weighted by atomic mass is 10.1. The summed E-state index contributed by atoms with van der Waals surface area (Å²) < 4.78 is 43.8. The van der Waals surface area contributed by atoms with E-state index in [1.807, 2.05) is 4.90 Å². The lowest BCUT2D eigenvalue weighted by molar-refractivity contribution is -0.137. The van der Waals surface area contributed by atoms with Crippen molar-refractivity contribution in [2.45, 2.75) is 6.18 Å². The Balaban J connectivity index is 1.62. The minimum Gasteiger partial charge on any atom is -0.489 e. The first-order chi connectivity index (χ1) is 14.3. The van der Waals surface area contributed by atoms with Gasteiger partial charge >= 0.3 is 6.18 Å². The Morgan fingerprint density at radius 2 is 1.97 bits per heavy atom. The second-order valence-corrected chi connectivity index (χ2v) is 6.75. The minimum absolute atomic E-state index is 0.00830. The van der Waals surface area contributed by atoms with E-state index in [9.17, 15) is 18.0 Å². The second-order valence-electron chi connectivity index (χ2n) is 6.35. The van der Waals surface area contributed by atoms with Gasteiger partial charge in [-0.1, -0.05) is 17.7 Å². The normalized spacial score (nSPS) is 13.4. The van der Waals surface area contributed by atoms with E-state index in [0.717, 1.165) is 12.1 Å². The van der Waals surface area contributed by atoms with Crippen molar-refractivity contribution in [2.24, 2.45) is 0 Å². The number of halogens is 4. The van der Waals surface area contributed by atoms with Crippen LogP contribution in [0, 0.1) is 0 Å². The first kappa shape index (κ1) is 20.0. The quantitative estimate of drug-likeness (QED) is 0.633. The van der Waals surface area contributed by atoms with E-state index >= 15 is 0 Å². The average molecular weight is 435 g/mol. The highest BCUT2D eigenvalue weighted by molar-refractivity contribution is 6.33. The molecule has 0 fully saturated rings. The number of nitrogens with zero attached hydrogens (tertiary/aromatic N) is 3. The highest BCUT2D eigenvalue weighted by atomic mass is 35.5. The number of aromatic nitrogens is 2. The lowest BCUT2D eigenvalue weighted by Crippen LogP contribution is -2.30. The van der Waals surface area contributed by atoms with Crippen LogP contribution in [-0.4, -0.2) is 29.0 Å². The Hall–Kier alpha value is -3.33. The standard InChI is InChI=1S/C20H14ClF3N4O2/c21-14-4-2-8-25-18(14)28-9-10-30-17-13(3-1-5-15(17)28)19(29)27-16-7-6-12(11-26-16)20(22,23)24/h1-8,11H,9-10H2,(H,26,27,29). The number of nitrogens with one attached hydrogen (secondary N) is 1. The van der Waals surface area contributed by atoms with E-state index in [0.29, 0.717) is 41.6 Å². The van der Waals surface area contributed by atoms with Gasteiger partial charge in [0.25, 0.3) is 5.91 Å². The van der Waals surface area contributed by atoms with Crippen molar-refractivity contribution >= 4 is 34.8 Å². The number of rotatable bonds is 3. The van der Waals surface area contributed by atoms with E-state index in [-0.39, 0.29) is 11.4 Å². The second kappa shape index (κ2) is 7.83. The van der Waals surface area contributed by atoms with Crippen molar-refractivity contribution in [3.63, 3.8) is 0 Å². The number of carbonyl (C=O) groups excluding carboxylic acids is 1. The molecule has 4 rings (SSSR count). The fourth-order valence-corrected chi connectivity index (χ4v) is 3.27. The molecule has 3 aromatic rings. The van der Waals surface area contributed by atoms with Gasteiger partial charge in [-0.25, -0.2) is 9.97 Å². The maximum absolute atomic E-state index is 12.8. The Morgan fingerprint density at radius 3 is 2.67 bits per heavy atom. The first-order valence-electron chi connectivity index (χ1n) is 8.83. The van der Waals surface area contributed by atoms with Gasteiger partial charge in [-0.2, -0.15) is 13.2 Å². The smallest absolute Gasteiger partial charge is 0.417 e. The van der Waals surface area contributed by atoms with Crippen LogP contribution in [0.2, 0.25) is 5.02 Å². The van der Waals surface area contributed by atoms with E-state index in [4.69, 9.17) is 16.3 Å².